The Morgan fingerprint density at radius 3 is 2.54 bits per heavy atom. The van der Waals surface area contributed by atoms with Crippen molar-refractivity contribution >= 4 is 27.5 Å². The molecule has 3 aromatic rings. The molecule has 1 atom stereocenters. The second-order valence-electron chi connectivity index (χ2n) is 8.25. The zero-order chi connectivity index (χ0) is 19.4. The fourth-order valence-electron chi connectivity index (χ4n) is 4.36. The Labute approximate surface area is 169 Å². The number of rotatable bonds is 3. The van der Waals surface area contributed by atoms with Crippen LogP contribution in [0, 0.1) is 20.8 Å². The minimum atomic E-state index is 0.149. The number of carbonyl (C=O) groups excluding carboxylic acids is 1. The molecule has 1 amide bonds. The Bertz CT molecular complexity index is 1070. The lowest BCUT2D eigenvalue weighted by Gasteiger charge is -2.25. The van der Waals surface area contributed by atoms with Gasteiger partial charge >= 0.3 is 0 Å². The topological polar surface area (TPSA) is 46.1 Å². The monoisotopic (exact) mass is 391 g/mol. The van der Waals surface area contributed by atoms with Crippen LogP contribution in [0.3, 0.4) is 0 Å². The summed E-state index contributed by atoms with van der Waals surface area (Å²) in [6.07, 6.45) is 4.46. The van der Waals surface area contributed by atoms with Crippen LogP contribution in [0.2, 0.25) is 0 Å². The van der Waals surface area contributed by atoms with Crippen LogP contribution in [0.25, 0.3) is 10.2 Å². The van der Waals surface area contributed by atoms with E-state index in [9.17, 15) is 4.79 Å². The summed E-state index contributed by atoms with van der Waals surface area (Å²) in [6, 6.07) is 8.78. The molecular weight excluding hydrogens is 366 g/mol. The summed E-state index contributed by atoms with van der Waals surface area (Å²) in [7, 11) is 0. The number of hydrogen-bond acceptors (Lipinski definition) is 4. The molecule has 0 N–H and O–H groups in total. The van der Waals surface area contributed by atoms with Gasteiger partial charge in [0, 0.05) is 17.8 Å². The Balaban J connectivity index is 1.52. The third-order valence-corrected chi connectivity index (χ3v) is 7.27. The Hall–Kier alpha value is -2.27. The van der Waals surface area contributed by atoms with Gasteiger partial charge in [-0.05, 0) is 57.6 Å². The van der Waals surface area contributed by atoms with Crippen molar-refractivity contribution in [2.45, 2.75) is 58.4 Å². The summed E-state index contributed by atoms with van der Waals surface area (Å²) < 4.78 is 0. The van der Waals surface area contributed by atoms with E-state index in [0.717, 1.165) is 51.6 Å². The van der Waals surface area contributed by atoms with Gasteiger partial charge in [-0.1, -0.05) is 29.8 Å². The third-order valence-electron chi connectivity index (χ3n) is 6.10. The lowest BCUT2D eigenvalue weighted by Crippen LogP contribution is -2.30. The molecule has 1 aromatic carbocycles. The van der Waals surface area contributed by atoms with Gasteiger partial charge in [-0.2, -0.15) is 0 Å². The van der Waals surface area contributed by atoms with Crippen molar-refractivity contribution < 1.29 is 4.79 Å². The number of fused-ring (bicyclic) bond motifs is 1. The summed E-state index contributed by atoms with van der Waals surface area (Å²) in [5.74, 6) is 1.63. The van der Waals surface area contributed by atoms with E-state index in [1.165, 1.54) is 24.0 Å². The van der Waals surface area contributed by atoms with Gasteiger partial charge in [-0.25, -0.2) is 9.97 Å². The number of hydrogen-bond donors (Lipinski definition) is 0. The van der Waals surface area contributed by atoms with Crippen LogP contribution in [-0.4, -0.2) is 27.3 Å². The van der Waals surface area contributed by atoms with Crippen LogP contribution in [0.5, 0.6) is 0 Å². The van der Waals surface area contributed by atoms with E-state index < -0.39 is 0 Å². The molecule has 2 fully saturated rings. The Kier molecular flexibility index (Phi) is 4.23. The fourth-order valence-corrected chi connectivity index (χ4v) is 5.56. The first kappa shape index (κ1) is 17.8. The highest BCUT2D eigenvalue weighted by Gasteiger charge is 2.33. The van der Waals surface area contributed by atoms with Gasteiger partial charge in [0.2, 0.25) is 0 Å². The highest BCUT2D eigenvalue weighted by atomic mass is 32.1. The molecule has 5 heteroatoms. The number of nitrogens with zero attached hydrogens (tertiary/aromatic N) is 3. The molecular formula is C23H25N3OS. The van der Waals surface area contributed by atoms with Crippen molar-refractivity contribution in [1.29, 1.82) is 0 Å². The SMILES string of the molecule is Cc1ccc(C2CCCN2C(=O)c2sc3nc(C4CC4)nc(C)c3c2C)cc1. The maximum Gasteiger partial charge on any atom is 0.264 e. The number of likely N-dealkylation sites (tertiary alicyclic amines) is 1. The smallest absolute Gasteiger partial charge is 0.264 e. The Morgan fingerprint density at radius 2 is 1.82 bits per heavy atom. The number of carbonyl (C=O) groups is 1. The molecule has 1 aliphatic carbocycles. The summed E-state index contributed by atoms with van der Waals surface area (Å²) in [5, 5.41) is 1.07. The zero-order valence-electron chi connectivity index (χ0n) is 16.7. The predicted molar refractivity (Wildman–Crippen MR) is 113 cm³/mol. The molecule has 3 heterocycles. The standard InChI is InChI=1S/C23H25N3OS/c1-13-6-8-16(9-7-13)18-5-4-12-26(18)23(27)20-14(2)19-15(3)24-21(17-10-11-17)25-22(19)28-20/h6-9,17-18H,4-5,10-12H2,1-3H3. The lowest BCUT2D eigenvalue weighted by atomic mass is 10.0. The normalized spacial score (nSPS) is 19.5. The van der Waals surface area contributed by atoms with Gasteiger partial charge in [0.15, 0.2) is 0 Å². The Morgan fingerprint density at radius 1 is 1.07 bits per heavy atom. The number of thiophene rings is 1. The fraction of sp³-hybridized carbons (Fsp3) is 0.435. The first-order valence-corrected chi connectivity index (χ1v) is 11.0. The van der Waals surface area contributed by atoms with Crippen molar-refractivity contribution in [2.75, 3.05) is 6.54 Å². The molecule has 144 valence electrons. The van der Waals surface area contributed by atoms with Crippen molar-refractivity contribution in [2.24, 2.45) is 0 Å². The van der Waals surface area contributed by atoms with E-state index >= 15 is 0 Å². The van der Waals surface area contributed by atoms with E-state index in [-0.39, 0.29) is 11.9 Å². The molecule has 1 unspecified atom stereocenters. The van der Waals surface area contributed by atoms with Crippen LogP contribution in [0.4, 0.5) is 0 Å². The van der Waals surface area contributed by atoms with Gasteiger partial charge in [-0.15, -0.1) is 11.3 Å². The van der Waals surface area contributed by atoms with Crippen LogP contribution < -0.4 is 0 Å². The average molecular weight is 392 g/mol. The van der Waals surface area contributed by atoms with Crippen molar-refractivity contribution in [3.8, 4) is 0 Å². The van der Waals surface area contributed by atoms with Gasteiger partial charge in [-0.3, -0.25) is 4.79 Å². The number of benzene rings is 1. The molecule has 2 aliphatic rings. The number of aromatic nitrogens is 2. The highest BCUT2D eigenvalue weighted by Crippen LogP contribution is 2.41. The van der Waals surface area contributed by atoms with Gasteiger partial charge in [0.1, 0.15) is 10.7 Å². The molecule has 1 aliphatic heterocycles. The second-order valence-corrected chi connectivity index (χ2v) is 9.24. The molecule has 0 radical (unpaired) electrons. The van der Waals surface area contributed by atoms with E-state index in [1.54, 1.807) is 11.3 Å². The van der Waals surface area contributed by atoms with Crippen molar-refractivity contribution in [1.82, 2.24) is 14.9 Å². The maximum absolute atomic E-state index is 13.5. The maximum atomic E-state index is 13.5. The number of aryl methyl sites for hydroxylation is 3. The van der Waals surface area contributed by atoms with E-state index in [1.807, 2.05) is 0 Å². The first-order chi connectivity index (χ1) is 13.5. The molecule has 1 saturated carbocycles. The number of amides is 1. The summed E-state index contributed by atoms with van der Waals surface area (Å²) in [4.78, 5) is 26.9. The minimum absolute atomic E-state index is 0.149. The van der Waals surface area contributed by atoms with Gasteiger partial charge in [0.05, 0.1) is 16.6 Å². The van der Waals surface area contributed by atoms with Crippen LogP contribution in [0.15, 0.2) is 24.3 Å². The molecule has 2 aromatic heterocycles. The second kappa shape index (κ2) is 6.66. The quantitative estimate of drug-likeness (QED) is 0.595. The molecule has 0 bridgehead atoms. The van der Waals surface area contributed by atoms with Crippen LogP contribution in [0.1, 0.15) is 75.5 Å². The van der Waals surface area contributed by atoms with Crippen molar-refractivity contribution in [3.63, 3.8) is 0 Å². The molecule has 5 rings (SSSR count). The highest BCUT2D eigenvalue weighted by molar-refractivity contribution is 7.20. The summed E-state index contributed by atoms with van der Waals surface area (Å²) in [5.41, 5.74) is 4.54. The zero-order valence-corrected chi connectivity index (χ0v) is 17.5. The van der Waals surface area contributed by atoms with Gasteiger partial charge in [0.25, 0.3) is 5.91 Å². The van der Waals surface area contributed by atoms with Gasteiger partial charge < -0.3 is 4.90 Å². The summed E-state index contributed by atoms with van der Waals surface area (Å²) >= 11 is 1.55. The lowest BCUT2D eigenvalue weighted by molar-refractivity contribution is 0.0740. The predicted octanol–water partition coefficient (Wildman–Crippen LogP) is 5.47. The minimum Gasteiger partial charge on any atom is -0.331 e. The van der Waals surface area contributed by atoms with E-state index in [4.69, 9.17) is 9.97 Å². The third kappa shape index (κ3) is 2.93. The largest absolute Gasteiger partial charge is 0.331 e. The van der Waals surface area contributed by atoms with Crippen LogP contribution in [-0.2, 0) is 0 Å². The van der Waals surface area contributed by atoms with E-state index in [2.05, 4.69) is 49.9 Å². The molecule has 1 saturated heterocycles. The van der Waals surface area contributed by atoms with E-state index in [0.29, 0.717) is 5.92 Å². The molecule has 4 nitrogen and oxygen atoms in total. The first-order valence-electron chi connectivity index (χ1n) is 10.2. The van der Waals surface area contributed by atoms with Crippen molar-refractivity contribution in [3.05, 3.63) is 57.4 Å². The molecule has 0 spiro atoms. The summed E-state index contributed by atoms with van der Waals surface area (Å²) in [6.45, 7) is 7.02. The van der Waals surface area contributed by atoms with Crippen LogP contribution >= 0.6 is 11.3 Å². The molecule has 28 heavy (non-hydrogen) atoms. The average Bonchev–Trinajstić information content (AvgIpc) is 3.32.